The van der Waals surface area contributed by atoms with Crippen LogP contribution in [0, 0.1) is 0 Å². The Morgan fingerprint density at radius 3 is 2.43 bits per heavy atom. The molecule has 0 spiro atoms. The van der Waals surface area contributed by atoms with Gasteiger partial charge in [0, 0.05) is 18.7 Å². The largest absolute Gasteiger partial charge is 0.434 e. The summed E-state index contributed by atoms with van der Waals surface area (Å²) in [5.41, 5.74) is 1.68. The number of nitrogens with zero attached hydrogens (tertiary/aromatic N) is 1. The Morgan fingerprint density at radius 2 is 1.73 bits per heavy atom. The fraction of sp³-hybridized carbons (Fsp3) is 0.333. The van der Waals surface area contributed by atoms with Crippen molar-refractivity contribution in [2.24, 2.45) is 4.99 Å². The molecule has 2 rings (SSSR count). The molecule has 6 nitrogen and oxygen atoms in total. The zero-order valence-electron chi connectivity index (χ0n) is 16.7. The number of aliphatic imine (C=N–C) groups is 1. The number of ether oxygens (including phenoxy) is 1. The van der Waals surface area contributed by atoms with E-state index < -0.39 is 6.61 Å². The van der Waals surface area contributed by atoms with E-state index in [9.17, 15) is 13.6 Å². The van der Waals surface area contributed by atoms with Gasteiger partial charge in [0.15, 0.2) is 5.96 Å². The third-order valence-electron chi connectivity index (χ3n) is 3.94. The second kappa shape index (κ2) is 14.5. The lowest BCUT2D eigenvalue weighted by molar-refractivity contribution is -0.119. The summed E-state index contributed by atoms with van der Waals surface area (Å²) in [5.74, 6) is 0.339. The SMILES string of the molecule is CCNC(=NCc1ccccc1OC(F)F)NCC(=O)NCCc1ccccc1.I. The van der Waals surface area contributed by atoms with Crippen LogP contribution in [0.4, 0.5) is 8.78 Å². The predicted octanol–water partition coefficient (Wildman–Crippen LogP) is 3.32. The van der Waals surface area contributed by atoms with Crippen molar-refractivity contribution in [3.05, 3.63) is 65.7 Å². The van der Waals surface area contributed by atoms with Gasteiger partial charge in [-0.1, -0.05) is 48.5 Å². The summed E-state index contributed by atoms with van der Waals surface area (Å²) < 4.78 is 29.5. The minimum Gasteiger partial charge on any atom is -0.434 e. The smallest absolute Gasteiger partial charge is 0.387 e. The Balaban J connectivity index is 0.00000450. The van der Waals surface area contributed by atoms with Crippen molar-refractivity contribution >= 4 is 35.8 Å². The molecule has 9 heteroatoms. The van der Waals surface area contributed by atoms with E-state index >= 15 is 0 Å². The minimum atomic E-state index is -2.90. The van der Waals surface area contributed by atoms with Crippen LogP contribution in [0.1, 0.15) is 18.1 Å². The molecule has 30 heavy (non-hydrogen) atoms. The van der Waals surface area contributed by atoms with Crippen molar-refractivity contribution < 1.29 is 18.3 Å². The lowest BCUT2D eigenvalue weighted by Crippen LogP contribution is -2.43. The number of amides is 1. The van der Waals surface area contributed by atoms with E-state index in [1.807, 2.05) is 37.3 Å². The number of nitrogens with one attached hydrogen (secondary N) is 3. The first kappa shape index (κ1) is 25.6. The summed E-state index contributed by atoms with van der Waals surface area (Å²) in [6.45, 7) is 0.313. The van der Waals surface area contributed by atoms with Gasteiger partial charge in [-0.25, -0.2) is 4.99 Å². The van der Waals surface area contributed by atoms with Crippen LogP contribution in [0.25, 0.3) is 0 Å². The molecule has 0 aliphatic carbocycles. The lowest BCUT2D eigenvalue weighted by Gasteiger charge is -2.13. The Bertz CT molecular complexity index is 792. The highest BCUT2D eigenvalue weighted by atomic mass is 127. The van der Waals surface area contributed by atoms with E-state index in [-0.39, 0.29) is 48.7 Å². The van der Waals surface area contributed by atoms with Gasteiger partial charge in [-0.05, 0) is 25.0 Å². The van der Waals surface area contributed by atoms with E-state index in [4.69, 9.17) is 0 Å². The lowest BCUT2D eigenvalue weighted by atomic mass is 10.1. The number of guanidine groups is 1. The van der Waals surface area contributed by atoms with Crippen LogP contribution in [0.15, 0.2) is 59.6 Å². The molecule has 0 heterocycles. The van der Waals surface area contributed by atoms with Crippen LogP contribution in [0.5, 0.6) is 5.75 Å². The fourth-order valence-corrected chi connectivity index (χ4v) is 2.57. The van der Waals surface area contributed by atoms with Gasteiger partial charge in [-0.3, -0.25) is 4.79 Å². The summed E-state index contributed by atoms with van der Waals surface area (Å²) in [6, 6.07) is 16.4. The Hall–Kier alpha value is -2.43. The summed E-state index contributed by atoms with van der Waals surface area (Å²) in [6.07, 6.45) is 0.752. The molecule has 0 fully saturated rings. The van der Waals surface area contributed by atoms with Crippen molar-refractivity contribution in [2.45, 2.75) is 26.5 Å². The normalized spacial score (nSPS) is 10.9. The van der Waals surface area contributed by atoms with E-state index in [1.54, 1.807) is 18.2 Å². The predicted molar refractivity (Wildman–Crippen MR) is 124 cm³/mol. The number of halogens is 3. The molecular weight excluding hydrogens is 505 g/mol. The van der Waals surface area contributed by atoms with Crippen molar-refractivity contribution in [1.82, 2.24) is 16.0 Å². The van der Waals surface area contributed by atoms with Crippen molar-refractivity contribution in [2.75, 3.05) is 19.6 Å². The summed E-state index contributed by atoms with van der Waals surface area (Å²) in [7, 11) is 0. The molecule has 3 N–H and O–H groups in total. The number of benzene rings is 2. The molecule has 0 bridgehead atoms. The number of hydrogen-bond donors (Lipinski definition) is 3. The maximum Gasteiger partial charge on any atom is 0.387 e. The second-order valence-corrected chi connectivity index (χ2v) is 6.12. The summed E-state index contributed by atoms with van der Waals surface area (Å²) in [4.78, 5) is 16.4. The quantitative estimate of drug-likeness (QED) is 0.250. The number of hydrogen-bond acceptors (Lipinski definition) is 3. The van der Waals surface area contributed by atoms with E-state index in [1.165, 1.54) is 6.07 Å². The van der Waals surface area contributed by atoms with Gasteiger partial charge in [-0.15, -0.1) is 24.0 Å². The van der Waals surface area contributed by atoms with Crippen molar-refractivity contribution in [1.29, 1.82) is 0 Å². The first-order chi connectivity index (χ1) is 14.1. The average molecular weight is 532 g/mol. The molecule has 0 unspecified atom stereocenters. The zero-order chi connectivity index (χ0) is 20.9. The van der Waals surface area contributed by atoms with E-state index in [2.05, 4.69) is 25.7 Å². The third-order valence-corrected chi connectivity index (χ3v) is 3.94. The molecule has 0 aliphatic rings. The fourth-order valence-electron chi connectivity index (χ4n) is 2.57. The van der Waals surface area contributed by atoms with E-state index in [0.717, 1.165) is 12.0 Å². The van der Waals surface area contributed by atoms with Gasteiger partial charge < -0.3 is 20.7 Å². The number of rotatable bonds is 10. The Labute approximate surface area is 192 Å². The maximum absolute atomic E-state index is 12.5. The topological polar surface area (TPSA) is 74.8 Å². The Morgan fingerprint density at radius 1 is 1.03 bits per heavy atom. The molecule has 0 saturated heterocycles. The Kier molecular flexibility index (Phi) is 12.4. The van der Waals surface area contributed by atoms with Gasteiger partial charge in [0.2, 0.25) is 5.91 Å². The summed E-state index contributed by atoms with van der Waals surface area (Å²) >= 11 is 0. The highest BCUT2D eigenvalue weighted by Gasteiger charge is 2.09. The molecule has 0 aliphatic heterocycles. The third kappa shape index (κ3) is 9.86. The number of alkyl halides is 2. The van der Waals surface area contributed by atoms with Crippen LogP contribution in [-0.4, -0.2) is 38.1 Å². The van der Waals surface area contributed by atoms with Gasteiger partial charge in [0.05, 0.1) is 13.1 Å². The molecule has 0 atom stereocenters. The monoisotopic (exact) mass is 532 g/mol. The van der Waals surface area contributed by atoms with Crippen LogP contribution >= 0.6 is 24.0 Å². The molecule has 1 amide bonds. The summed E-state index contributed by atoms with van der Waals surface area (Å²) in [5, 5.41) is 8.80. The van der Waals surface area contributed by atoms with Gasteiger partial charge in [0.1, 0.15) is 5.75 Å². The van der Waals surface area contributed by atoms with Gasteiger partial charge in [0.25, 0.3) is 0 Å². The van der Waals surface area contributed by atoms with Crippen LogP contribution in [-0.2, 0) is 17.8 Å². The first-order valence-electron chi connectivity index (χ1n) is 9.44. The molecule has 2 aromatic rings. The molecule has 0 aromatic heterocycles. The zero-order valence-corrected chi connectivity index (χ0v) is 19.1. The maximum atomic E-state index is 12.5. The minimum absolute atomic E-state index is 0. The van der Waals surface area contributed by atoms with Crippen LogP contribution in [0.3, 0.4) is 0 Å². The number of para-hydroxylation sites is 1. The van der Waals surface area contributed by atoms with Crippen LogP contribution < -0.4 is 20.7 Å². The molecule has 0 saturated carbocycles. The molecule has 2 aromatic carbocycles. The van der Waals surface area contributed by atoms with Gasteiger partial charge >= 0.3 is 6.61 Å². The number of carbonyl (C=O) groups excluding carboxylic acids is 1. The molecular formula is C21H27F2IN4O2. The number of carbonyl (C=O) groups is 1. The molecule has 164 valence electrons. The standard InChI is InChI=1S/C21H26F2N4O2.HI/c1-2-24-21(26-14-17-10-6-7-11-18(17)29-20(22)23)27-15-19(28)25-13-12-16-8-4-3-5-9-16;/h3-11,20H,2,12-15H2,1H3,(H,25,28)(H2,24,26,27);1H. The average Bonchev–Trinajstić information content (AvgIpc) is 2.71. The van der Waals surface area contributed by atoms with Crippen LogP contribution in [0.2, 0.25) is 0 Å². The van der Waals surface area contributed by atoms with Gasteiger partial charge in [-0.2, -0.15) is 8.78 Å². The second-order valence-electron chi connectivity index (χ2n) is 6.12. The first-order valence-corrected chi connectivity index (χ1v) is 9.44. The van der Waals surface area contributed by atoms with E-state index in [0.29, 0.717) is 24.6 Å². The highest BCUT2D eigenvalue weighted by molar-refractivity contribution is 14.0. The highest BCUT2D eigenvalue weighted by Crippen LogP contribution is 2.20. The molecule has 0 radical (unpaired) electrons. The van der Waals surface area contributed by atoms with Crippen molar-refractivity contribution in [3.8, 4) is 5.75 Å². The van der Waals surface area contributed by atoms with Crippen molar-refractivity contribution in [3.63, 3.8) is 0 Å².